The van der Waals surface area contributed by atoms with Crippen molar-refractivity contribution < 1.29 is 35.9 Å². The summed E-state index contributed by atoms with van der Waals surface area (Å²) in [6.07, 6.45) is -7.30. The van der Waals surface area contributed by atoms with E-state index >= 15 is 0 Å². The second kappa shape index (κ2) is 7.92. The minimum atomic E-state index is -4.98. The lowest BCUT2D eigenvalue weighted by atomic mass is 10.0. The fourth-order valence-corrected chi connectivity index (χ4v) is 2.50. The van der Waals surface area contributed by atoms with Gasteiger partial charge in [-0.3, -0.25) is 14.9 Å². The first-order valence-corrected chi connectivity index (χ1v) is 8.64. The predicted octanol–water partition coefficient (Wildman–Crippen LogP) is 3.79. The van der Waals surface area contributed by atoms with Crippen LogP contribution in [-0.4, -0.2) is 21.8 Å². The number of alkyl halides is 6. The molecule has 1 aliphatic rings. The second-order valence-corrected chi connectivity index (χ2v) is 6.63. The van der Waals surface area contributed by atoms with Crippen molar-refractivity contribution in [1.82, 2.24) is 15.3 Å². The number of anilines is 1. The number of aromatic nitrogens is 2. The molecule has 3 rings (SSSR count). The lowest BCUT2D eigenvalue weighted by molar-refractivity contribution is -0.143. The number of carbonyl (C=O) groups is 2. The van der Waals surface area contributed by atoms with E-state index in [-0.39, 0.29) is 35.1 Å². The van der Waals surface area contributed by atoms with Crippen LogP contribution in [-0.2, 0) is 23.7 Å². The van der Waals surface area contributed by atoms with Crippen molar-refractivity contribution in [2.75, 3.05) is 5.32 Å². The number of carbonyl (C=O) groups excluding carboxylic acids is 2. The van der Waals surface area contributed by atoms with Gasteiger partial charge in [-0.1, -0.05) is 0 Å². The van der Waals surface area contributed by atoms with Crippen molar-refractivity contribution in [2.24, 2.45) is 5.92 Å². The monoisotopic (exact) mass is 432 g/mol. The van der Waals surface area contributed by atoms with E-state index in [0.29, 0.717) is 12.1 Å². The SMILES string of the molecule is O=C(NCc1cc(C(F)(F)F)cc(C(F)(F)F)c1)c1ccnc(NC(=O)C2CC2)n1. The first-order chi connectivity index (χ1) is 13.9. The summed E-state index contributed by atoms with van der Waals surface area (Å²) in [5, 5.41) is 4.64. The van der Waals surface area contributed by atoms with Crippen LogP contribution in [0.1, 0.15) is 40.0 Å². The molecule has 1 aromatic carbocycles. The summed E-state index contributed by atoms with van der Waals surface area (Å²) in [5.41, 5.74) is -3.55. The minimum Gasteiger partial charge on any atom is -0.347 e. The zero-order valence-corrected chi connectivity index (χ0v) is 15.1. The summed E-state index contributed by atoms with van der Waals surface area (Å²) in [6, 6.07) is 2.24. The number of hydrogen-bond acceptors (Lipinski definition) is 4. The van der Waals surface area contributed by atoms with Gasteiger partial charge in [-0.2, -0.15) is 26.3 Å². The van der Waals surface area contributed by atoms with E-state index in [1.54, 1.807) is 0 Å². The van der Waals surface area contributed by atoms with Crippen LogP contribution >= 0.6 is 0 Å². The lowest BCUT2D eigenvalue weighted by Crippen LogP contribution is -2.25. The summed E-state index contributed by atoms with van der Waals surface area (Å²) in [4.78, 5) is 31.6. The van der Waals surface area contributed by atoms with Gasteiger partial charge in [-0.25, -0.2) is 9.97 Å². The first-order valence-electron chi connectivity index (χ1n) is 8.64. The van der Waals surface area contributed by atoms with Gasteiger partial charge in [-0.15, -0.1) is 0 Å². The highest BCUT2D eigenvalue weighted by Gasteiger charge is 2.37. The van der Waals surface area contributed by atoms with Gasteiger partial charge in [0.2, 0.25) is 11.9 Å². The molecule has 2 N–H and O–H groups in total. The Morgan fingerprint density at radius 1 is 1.00 bits per heavy atom. The fraction of sp³-hybridized carbons (Fsp3) is 0.333. The maximum absolute atomic E-state index is 12.9. The van der Waals surface area contributed by atoms with E-state index in [4.69, 9.17) is 0 Å². The number of nitrogens with one attached hydrogen (secondary N) is 2. The molecule has 1 aliphatic carbocycles. The van der Waals surface area contributed by atoms with Crippen molar-refractivity contribution in [3.8, 4) is 0 Å². The van der Waals surface area contributed by atoms with Gasteiger partial charge in [0.25, 0.3) is 5.91 Å². The van der Waals surface area contributed by atoms with E-state index < -0.39 is 35.9 Å². The third kappa shape index (κ3) is 5.45. The molecular formula is C18H14F6N4O2. The molecule has 1 aromatic heterocycles. The number of halogens is 6. The number of nitrogens with zero attached hydrogens (tertiary/aromatic N) is 2. The Balaban J connectivity index is 1.73. The molecule has 0 bridgehead atoms. The smallest absolute Gasteiger partial charge is 0.347 e. The highest BCUT2D eigenvalue weighted by Crippen LogP contribution is 2.36. The van der Waals surface area contributed by atoms with E-state index in [0.717, 1.165) is 12.8 Å². The molecule has 1 saturated carbocycles. The molecule has 0 aliphatic heterocycles. The molecule has 0 atom stereocenters. The Hall–Kier alpha value is -3.18. The van der Waals surface area contributed by atoms with E-state index in [2.05, 4.69) is 20.6 Å². The summed E-state index contributed by atoms with van der Waals surface area (Å²) < 4.78 is 77.4. The highest BCUT2D eigenvalue weighted by atomic mass is 19.4. The zero-order chi connectivity index (χ0) is 22.1. The minimum absolute atomic E-state index is 0.00453. The Morgan fingerprint density at radius 2 is 1.60 bits per heavy atom. The van der Waals surface area contributed by atoms with Crippen LogP contribution in [0.2, 0.25) is 0 Å². The van der Waals surface area contributed by atoms with E-state index in [1.165, 1.54) is 12.3 Å². The Morgan fingerprint density at radius 3 is 2.13 bits per heavy atom. The third-order valence-corrected chi connectivity index (χ3v) is 4.17. The molecule has 12 heteroatoms. The summed E-state index contributed by atoms with van der Waals surface area (Å²) >= 11 is 0. The molecule has 0 spiro atoms. The Bertz CT molecular complexity index is 938. The molecule has 1 fully saturated rings. The van der Waals surface area contributed by atoms with Gasteiger partial charge in [0.05, 0.1) is 11.1 Å². The average molecular weight is 432 g/mol. The van der Waals surface area contributed by atoms with Crippen LogP contribution < -0.4 is 10.6 Å². The summed E-state index contributed by atoms with van der Waals surface area (Å²) in [5.74, 6) is -1.41. The maximum atomic E-state index is 12.9. The molecule has 1 heterocycles. The van der Waals surface area contributed by atoms with Crippen LogP contribution in [0.25, 0.3) is 0 Å². The van der Waals surface area contributed by atoms with Crippen molar-refractivity contribution in [1.29, 1.82) is 0 Å². The number of benzene rings is 1. The van der Waals surface area contributed by atoms with E-state index in [1.807, 2.05) is 0 Å². The molecule has 6 nitrogen and oxygen atoms in total. The van der Waals surface area contributed by atoms with Gasteiger partial charge in [-0.05, 0) is 42.7 Å². The molecular weight excluding hydrogens is 418 g/mol. The van der Waals surface area contributed by atoms with Crippen LogP contribution in [0.15, 0.2) is 30.5 Å². The Kier molecular flexibility index (Phi) is 5.68. The average Bonchev–Trinajstić information content (AvgIpc) is 3.50. The molecule has 0 radical (unpaired) electrons. The topological polar surface area (TPSA) is 84.0 Å². The normalized spacial score (nSPS) is 14.3. The standard InChI is InChI=1S/C18H14F6N4O2/c19-17(20,21)11-5-9(6-12(7-11)18(22,23)24)8-26-15(30)13-3-4-25-16(27-13)28-14(29)10-1-2-10/h3-7,10H,1-2,8H2,(H,26,30)(H,25,27,28,29). The number of hydrogen-bond donors (Lipinski definition) is 2. The fourth-order valence-electron chi connectivity index (χ4n) is 2.50. The zero-order valence-electron chi connectivity index (χ0n) is 15.1. The van der Waals surface area contributed by atoms with Crippen LogP contribution in [0, 0.1) is 5.92 Å². The first kappa shape index (κ1) is 21.5. The molecule has 2 aromatic rings. The van der Waals surface area contributed by atoms with Crippen molar-refractivity contribution in [2.45, 2.75) is 31.7 Å². The van der Waals surface area contributed by atoms with E-state index in [9.17, 15) is 35.9 Å². The molecule has 2 amide bonds. The predicted molar refractivity (Wildman–Crippen MR) is 91.0 cm³/mol. The second-order valence-electron chi connectivity index (χ2n) is 6.63. The largest absolute Gasteiger partial charge is 0.416 e. The van der Waals surface area contributed by atoms with Crippen molar-refractivity contribution >= 4 is 17.8 Å². The number of amides is 2. The summed E-state index contributed by atoms with van der Waals surface area (Å²) in [7, 11) is 0. The molecule has 160 valence electrons. The molecule has 30 heavy (non-hydrogen) atoms. The van der Waals surface area contributed by atoms with Gasteiger partial charge in [0.15, 0.2) is 0 Å². The summed E-state index contributed by atoms with van der Waals surface area (Å²) in [6.45, 7) is -0.598. The van der Waals surface area contributed by atoms with Crippen molar-refractivity contribution in [3.63, 3.8) is 0 Å². The third-order valence-electron chi connectivity index (χ3n) is 4.17. The van der Waals surface area contributed by atoms with Crippen LogP contribution in [0.4, 0.5) is 32.3 Å². The maximum Gasteiger partial charge on any atom is 0.416 e. The highest BCUT2D eigenvalue weighted by molar-refractivity contribution is 5.94. The number of rotatable bonds is 5. The van der Waals surface area contributed by atoms with Crippen molar-refractivity contribution in [3.05, 3.63) is 52.8 Å². The van der Waals surface area contributed by atoms with Crippen LogP contribution in [0.5, 0.6) is 0 Å². The van der Waals surface area contributed by atoms with Gasteiger partial charge >= 0.3 is 12.4 Å². The molecule has 0 unspecified atom stereocenters. The Labute approximate surface area is 165 Å². The molecule has 0 saturated heterocycles. The van der Waals surface area contributed by atoms with Crippen LogP contribution in [0.3, 0.4) is 0 Å². The quantitative estimate of drug-likeness (QED) is 0.705. The van der Waals surface area contributed by atoms with Gasteiger partial charge in [0, 0.05) is 18.7 Å². The lowest BCUT2D eigenvalue weighted by Gasteiger charge is -2.14. The van der Waals surface area contributed by atoms with Gasteiger partial charge < -0.3 is 5.32 Å². The van der Waals surface area contributed by atoms with Gasteiger partial charge in [0.1, 0.15) is 5.69 Å².